The Hall–Kier alpha value is -0.570. The molecule has 3 atom stereocenters. The van der Waals surface area contributed by atoms with E-state index < -0.39 is 0 Å². The quantitative estimate of drug-likeness (QED) is 0.799. The summed E-state index contributed by atoms with van der Waals surface area (Å²) in [5.41, 5.74) is 0. The molecule has 2 rings (SSSR count). The molecule has 1 aliphatic heterocycles. The van der Waals surface area contributed by atoms with Crippen molar-refractivity contribution in [3.63, 3.8) is 0 Å². The summed E-state index contributed by atoms with van der Waals surface area (Å²) >= 11 is 0. The number of piperidine rings is 1. The Labute approximate surface area is 105 Å². The molecule has 0 bridgehead atoms. The molecule has 1 heterocycles. The van der Waals surface area contributed by atoms with Gasteiger partial charge in [-0.15, -0.1) is 0 Å². The second-order valence-corrected chi connectivity index (χ2v) is 5.88. The molecule has 0 aromatic heterocycles. The number of rotatable bonds is 2. The Kier molecular flexibility index (Phi) is 4.43. The van der Waals surface area contributed by atoms with Gasteiger partial charge >= 0.3 is 0 Å². The zero-order valence-corrected chi connectivity index (χ0v) is 11.2. The van der Waals surface area contributed by atoms with E-state index in [1.807, 2.05) is 11.9 Å². The van der Waals surface area contributed by atoms with Crippen molar-refractivity contribution in [1.82, 2.24) is 10.2 Å². The van der Waals surface area contributed by atoms with Gasteiger partial charge in [-0.25, -0.2) is 0 Å². The lowest BCUT2D eigenvalue weighted by Crippen LogP contribution is -2.51. The number of hydrogen-bond acceptors (Lipinski definition) is 2. The fourth-order valence-corrected chi connectivity index (χ4v) is 3.24. The summed E-state index contributed by atoms with van der Waals surface area (Å²) < 4.78 is 0. The van der Waals surface area contributed by atoms with Crippen LogP contribution in [0.25, 0.3) is 0 Å². The third kappa shape index (κ3) is 3.21. The number of nitrogens with one attached hydrogen (secondary N) is 1. The van der Waals surface area contributed by atoms with Crippen LogP contribution in [-0.2, 0) is 4.79 Å². The van der Waals surface area contributed by atoms with Gasteiger partial charge in [-0.1, -0.05) is 26.2 Å². The van der Waals surface area contributed by atoms with Crippen LogP contribution in [0.4, 0.5) is 0 Å². The molecular weight excluding hydrogens is 212 g/mol. The fourth-order valence-electron chi connectivity index (χ4n) is 3.24. The van der Waals surface area contributed by atoms with Crippen molar-refractivity contribution in [2.75, 3.05) is 13.6 Å². The molecule has 1 aliphatic carbocycles. The first-order valence-corrected chi connectivity index (χ1v) is 7.18. The SMILES string of the molecule is CC1CCCC(N(C)C(=O)[C@H]2CCCCN2)C1. The summed E-state index contributed by atoms with van der Waals surface area (Å²) in [4.78, 5) is 14.4. The van der Waals surface area contributed by atoms with Crippen molar-refractivity contribution in [2.45, 2.75) is 64.0 Å². The zero-order valence-electron chi connectivity index (χ0n) is 11.2. The Morgan fingerprint density at radius 1 is 1.18 bits per heavy atom. The second kappa shape index (κ2) is 5.85. The van der Waals surface area contributed by atoms with E-state index in [1.54, 1.807) is 0 Å². The fraction of sp³-hybridized carbons (Fsp3) is 0.929. The van der Waals surface area contributed by atoms with E-state index in [0.29, 0.717) is 11.9 Å². The molecule has 2 unspecified atom stereocenters. The molecule has 2 aliphatic rings. The van der Waals surface area contributed by atoms with E-state index in [2.05, 4.69) is 12.2 Å². The van der Waals surface area contributed by atoms with Gasteiger partial charge in [-0.05, 0) is 38.1 Å². The van der Waals surface area contributed by atoms with Gasteiger partial charge in [0.1, 0.15) is 0 Å². The van der Waals surface area contributed by atoms with E-state index in [4.69, 9.17) is 0 Å². The minimum Gasteiger partial charge on any atom is -0.341 e. The molecular formula is C14H26N2O. The molecule has 0 radical (unpaired) electrons. The maximum Gasteiger partial charge on any atom is 0.239 e. The van der Waals surface area contributed by atoms with Crippen molar-refractivity contribution in [3.8, 4) is 0 Å². The lowest BCUT2D eigenvalue weighted by Gasteiger charge is -2.37. The highest BCUT2D eigenvalue weighted by Crippen LogP contribution is 2.27. The van der Waals surface area contributed by atoms with Crippen LogP contribution in [0.1, 0.15) is 51.9 Å². The molecule has 1 amide bonds. The van der Waals surface area contributed by atoms with Gasteiger partial charge in [0.25, 0.3) is 0 Å². The molecule has 0 aromatic rings. The predicted octanol–water partition coefficient (Wildman–Crippen LogP) is 2.17. The van der Waals surface area contributed by atoms with Crippen molar-refractivity contribution in [2.24, 2.45) is 5.92 Å². The molecule has 1 N–H and O–H groups in total. The Balaban J connectivity index is 1.89. The number of likely N-dealkylation sites (N-methyl/N-ethyl adjacent to an activating group) is 1. The second-order valence-electron chi connectivity index (χ2n) is 5.88. The Morgan fingerprint density at radius 3 is 2.65 bits per heavy atom. The lowest BCUT2D eigenvalue weighted by atomic mass is 9.86. The summed E-state index contributed by atoms with van der Waals surface area (Å²) in [5.74, 6) is 1.10. The zero-order chi connectivity index (χ0) is 12.3. The summed E-state index contributed by atoms with van der Waals surface area (Å²) in [6.07, 6.45) is 8.42. The molecule has 98 valence electrons. The molecule has 0 spiro atoms. The number of nitrogens with zero attached hydrogens (tertiary/aromatic N) is 1. The van der Waals surface area contributed by atoms with Crippen LogP contribution in [0.15, 0.2) is 0 Å². The number of carbonyl (C=O) groups excluding carboxylic acids is 1. The lowest BCUT2D eigenvalue weighted by molar-refractivity contribution is -0.135. The van der Waals surface area contributed by atoms with Gasteiger partial charge in [0.15, 0.2) is 0 Å². The third-order valence-electron chi connectivity index (χ3n) is 4.41. The van der Waals surface area contributed by atoms with Crippen molar-refractivity contribution in [3.05, 3.63) is 0 Å². The highest BCUT2D eigenvalue weighted by Gasteiger charge is 2.30. The number of carbonyl (C=O) groups is 1. The number of hydrogen-bond donors (Lipinski definition) is 1. The van der Waals surface area contributed by atoms with Crippen LogP contribution in [-0.4, -0.2) is 36.5 Å². The van der Waals surface area contributed by atoms with E-state index in [9.17, 15) is 4.79 Å². The van der Waals surface area contributed by atoms with E-state index in [0.717, 1.165) is 18.9 Å². The van der Waals surface area contributed by atoms with Gasteiger partial charge in [0, 0.05) is 13.1 Å². The minimum atomic E-state index is 0.0889. The van der Waals surface area contributed by atoms with Gasteiger partial charge in [0.2, 0.25) is 5.91 Å². The minimum absolute atomic E-state index is 0.0889. The van der Waals surface area contributed by atoms with E-state index in [-0.39, 0.29) is 6.04 Å². The summed E-state index contributed by atoms with van der Waals surface area (Å²) in [5, 5.41) is 3.36. The highest BCUT2D eigenvalue weighted by atomic mass is 16.2. The van der Waals surface area contributed by atoms with Crippen LogP contribution >= 0.6 is 0 Å². The van der Waals surface area contributed by atoms with Gasteiger partial charge in [-0.2, -0.15) is 0 Å². The predicted molar refractivity (Wildman–Crippen MR) is 69.8 cm³/mol. The average Bonchev–Trinajstić information content (AvgIpc) is 2.38. The van der Waals surface area contributed by atoms with Crippen molar-refractivity contribution >= 4 is 5.91 Å². The Morgan fingerprint density at radius 2 is 2.00 bits per heavy atom. The Bertz CT molecular complexity index is 261. The van der Waals surface area contributed by atoms with E-state index in [1.165, 1.54) is 38.5 Å². The molecule has 1 saturated carbocycles. The van der Waals surface area contributed by atoms with Crippen LogP contribution in [0.5, 0.6) is 0 Å². The first-order valence-electron chi connectivity index (χ1n) is 7.18. The molecule has 1 saturated heterocycles. The van der Waals surface area contributed by atoms with Crippen LogP contribution in [0.3, 0.4) is 0 Å². The largest absolute Gasteiger partial charge is 0.341 e. The molecule has 17 heavy (non-hydrogen) atoms. The van der Waals surface area contributed by atoms with E-state index >= 15 is 0 Å². The van der Waals surface area contributed by atoms with Crippen LogP contribution in [0, 0.1) is 5.92 Å². The smallest absolute Gasteiger partial charge is 0.239 e. The molecule has 2 fully saturated rings. The molecule has 3 nitrogen and oxygen atoms in total. The first-order chi connectivity index (χ1) is 8.18. The van der Waals surface area contributed by atoms with Crippen LogP contribution < -0.4 is 5.32 Å². The normalized spacial score (nSPS) is 34.4. The average molecular weight is 238 g/mol. The molecule has 0 aromatic carbocycles. The standard InChI is InChI=1S/C14H26N2O/c1-11-6-5-7-12(10-11)16(2)14(17)13-8-3-4-9-15-13/h11-13,15H,3-10H2,1-2H3/t11?,12?,13-/m1/s1. The van der Waals surface area contributed by atoms with Gasteiger partial charge in [0.05, 0.1) is 6.04 Å². The highest BCUT2D eigenvalue weighted by molar-refractivity contribution is 5.82. The summed E-state index contributed by atoms with van der Waals surface area (Å²) in [6.45, 7) is 3.31. The first kappa shape index (κ1) is 12.9. The van der Waals surface area contributed by atoms with Gasteiger partial charge in [-0.3, -0.25) is 4.79 Å². The topological polar surface area (TPSA) is 32.3 Å². The van der Waals surface area contributed by atoms with Gasteiger partial charge < -0.3 is 10.2 Å². The summed E-state index contributed by atoms with van der Waals surface area (Å²) in [7, 11) is 2.00. The monoisotopic (exact) mass is 238 g/mol. The van der Waals surface area contributed by atoms with Crippen molar-refractivity contribution in [1.29, 1.82) is 0 Å². The number of amides is 1. The van der Waals surface area contributed by atoms with Crippen molar-refractivity contribution < 1.29 is 4.79 Å². The third-order valence-corrected chi connectivity index (χ3v) is 4.41. The van der Waals surface area contributed by atoms with Crippen LogP contribution in [0.2, 0.25) is 0 Å². The maximum atomic E-state index is 12.4. The summed E-state index contributed by atoms with van der Waals surface area (Å²) in [6, 6.07) is 0.570. The molecule has 3 heteroatoms. The maximum absolute atomic E-state index is 12.4.